The highest BCUT2D eigenvalue weighted by atomic mass is 16.4. The summed E-state index contributed by atoms with van der Waals surface area (Å²) in [7, 11) is 0. The highest BCUT2D eigenvalue weighted by molar-refractivity contribution is 5.74. The van der Waals surface area contributed by atoms with Gasteiger partial charge in [-0.3, -0.25) is 4.79 Å². The summed E-state index contributed by atoms with van der Waals surface area (Å²) in [6.45, 7) is 9.43. The third kappa shape index (κ3) is 9.32. The number of urea groups is 1. The standard InChI is InChI=1S/C16H32N2O3/c1-5-7-9-14(6-2)12-17-16(21)18(13(3)4)11-8-10-15(19)20/h13-14H,5-12H2,1-4H3,(H,17,21)(H,19,20). The summed E-state index contributed by atoms with van der Waals surface area (Å²) in [5.74, 6) is -0.286. The molecule has 0 fully saturated rings. The Labute approximate surface area is 129 Å². The Hall–Kier alpha value is -1.26. The van der Waals surface area contributed by atoms with Gasteiger partial charge in [-0.15, -0.1) is 0 Å². The second-order valence-electron chi connectivity index (χ2n) is 5.89. The van der Waals surface area contributed by atoms with Gasteiger partial charge in [-0.2, -0.15) is 0 Å². The van der Waals surface area contributed by atoms with E-state index in [2.05, 4.69) is 19.2 Å². The average molecular weight is 300 g/mol. The quantitative estimate of drug-likeness (QED) is 0.613. The van der Waals surface area contributed by atoms with Crippen LogP contribution in [0, 0.1) is 5.92 Å². The van der Waals surface area contributed by atoms with Crippen molar-refractivity contribution in [1.82, 2.24) is 10.2 Å². The number of carbonyl (C=O) groups is 2. The number of amides is 2. The first-order chi connectivity index (χ1) is 9.92. The first kappa shape index (κ1) is 19.7. The highest BCUT2D eigenvalue weighted by Crippen LogP contribution is 2.11. The predicted molar refractivity (Wildman–Crippen MR) is 85.4 cm³/mol. The van der Waals surface area contributed by atoms with Crippen molar-refractivity contribution in [3.8, 4) is 0 Å². The Morgan fingerprint density at radius 1 is 1.19 bits per heavy atom. The van der Waals surface area contributed by atoms with Crippen molar-refractivity contribution in [2.24, 2.45) is 5.92 Å². The summed E-state index contributed by atoms with van der Waals surface area (Å²) in [4.78, 5) is 24.5. The van der Waals surface area contributed by atoms with Crippen molar-refractivity contribution in [2.45, 2.75) is 72.3 Å². The molecule has 0 bridgehead atoms. The van der Waals surface area contributed by atoms with Gasteiger partial charge in [0.05, 0.1) is 0 Å². The SMILES string of the molecule is CCCCC(CC)CNC(=O)N(CCCC(=O)O)C(C)C. The minimum atomic E-state index is -0.815. The predicted octanol–water partition coefficient (Wildman–Crippen LogP) is 3.49. The van der Waals surface area contributed by atoms with Crippen LogP contribution in [0.1, 0.15) is 66.2 Å². The van der Waals surface area contributed by atoms with Crippen LogP contribution in [0.5, 0.6) is 0 Å². The molecule has 0 spiro atoms. The van der Waals surface area contributed by atoms with Gasteiger partial charge in [0.1, 0.15) is 0 Å². The molecular weight excluding hydrogens is 268 g/mol. The van der Waals surface area contributed by atoms with Crippen LogP contribution in [0.4, 0.5) is 4.79 Å². The molecule has 0 heterocycles. The van der Waals surface area contributed by atoms with E-state index in [4.69, 9.17) is 5.11 Å². The lowest BCUT2D eigenvalue weighted by atomic mass is 9.99. The second-order valence-corrected chi connectivity index (χ2v) is 5.89. The first-order valence-corrected chi connectivity index (χ1v) is 8.18. The molecule has 0 saturated carbocycles. The molecule has 1 unspecified atom stereocenters. The summed E-state index contributed by atoms with van der Waals surface area (Å²) in [5, 5.41) is 11.7. The van der Waals surface area contributed by atoms with Crippen LogP contribution in [-0.4, -0.2) is 41.1 Å². The molecule has 0 aromatic rings. The monoisotopic (exact) mass is 300 g/mol. The van der Waals surface area contributed by atoms with E-state index in [9.17, 15) is 9.59 Å². The van der Waals surface area contributed by atoms with Crippen LogP contribution in [-0.2, 0) is 4.79 Å². The van der Waals surface area contributed by atoms with E-state index in [0.29, 0.717) is 25.4 Å². The van der Waals surface area contributed by atoms with Gasteiger partial charge in [-0.1, -0.05) is 33.1 Å². The van der Waals surface area contributed by atoms with Gasteiger partial charge in [0.2, 0.25) is 0 Å². The van der Waals surface area contributed by atoms with Crippen molar-refractivity contribution in [3.63, 3.8) is 0 Å². The third-order valence-electron chi connectivity index (χ3n) is 3.76. The van der Waals surface area contributed by atoms with E-state index < -0.39 is 5.97 Å². The smallest absolute Gasteiger partial charge is 0.317 e. The Morgan fingerprint density at radius 3 is 2.33 bits per heavy atom. The Kier molecular flexibility index (Phi) is 10.7. The number of aliphatic carboxylic acids is 1. The average Bonchev–Trinajstić information content (AvgIpc) is 2.42. The van der Waals surface area contributed by atoms with Gasteiger partial charge < -0.3 is 15.3 Å². The molecule has 5 heteroatoms. The van der Waals surface area contributed by atoms with Gasteiger partial charge in [-0.05, 0) is 32.6 Å². The minimum absolute atomic E-state index is 0.0783. The van der Waals surface area contributed by atoms with Gasteiger partial charge in [0, 0.05) is 25.6 Å². The molecule has 0 rings (SSSR count). The molecule has 124 valence electrons. The number of nitrogens with zero attached hydrogens (tertiary/aromatic N) is 1. The number of unbranched alkanes of at least 4 members (excludes halogenated alkanes) is 1. The fraction of sp³-hybridized carbons (Fsp3) is 0.875. The van der Waals surface area contributed by atoms with Crippen molar-refractivity contribution in [3.05, 3.63) is 0 Å². The van der Waals surface area contributed by atoms with Crippen LogP contribution in [0.2, 0.25) is 0 Å². The maximum absolute atomic E-state index is 12.2. The van der Waals surface area contributed by atoms with Crippen molar-refractivity contribution < 1.29 is 14.7 Å². The highest BCUT2D eigenvalue weighted by Gasteiger charge is 2.17. The van der Waals surface area contributed by atoms with Crippen molar-refractivity contribution in [1.29, 1.82) is 0 Å². The minimum Gasteiger partial charge on any atom is -0.481 e. The van der Waals surface area contributed by atoms with Crippen molar-refractivity contribution in [2.75, 3.05) is 13.1 Å². The number of rotatable bonds is 11. The molecule has 0 aliphatic heterocycles. The summed E-state index contributed by atoms with van der Waals surface area (Å²) >= 11 is 0. The number of hydrogen-bond acceptors (Lipinski definition) is 2. The number of carbonyl (C=O) groups excluding carboxylic acids is 1. The molecule has 0 aromatic heterocycles. The summed E-state index contributed by atoms with van der Waals surface area (Å²) in [5.41, 5.74) is 0. The lowest BCUT2D eigenvalue weighted by Gasteiger charge is -2.28. The molecule has 5 nitrogen and oxygen atoms in total. The molecule has 21 heavy (non-hydrogen) atoms. The van der Waals surface area contributed by atoms with Crippen LogP contribution in [0.15, 0.2) is 0 Å². The third-order valence-corrected chi connectivity index (χ3v) is 3.76. The van der Waals surface area contributed by atoms with E-state index in [1.165, 1.54) is 12.8 Å². The Bertz CT molecular complexity index is 306. The molecule has 1 atom stereocenters. The zero-order valence-corrected chi connectivity index (χ0v) is 14.0. The molecule has 0 aliphatic carbocycles. The van der Waals surface area contributed by atoms with Crippen LogP contribution in [0.25, 0.3) is 0 Å². The van der Waals surface area contributed by atoms with Crippen LogP contribution in [0.3, 0.4) is 0 Å². The maximum Gasteiger partial charge on any atom is 0.317 e. The summed E-state index contributed by atoms with van der Waals surface area (Å²) < 4.78 is 0. The fourth-order valence-electron chi connectivity index (χ4n) is 2.27. The maximum atomic E-state index is 12.2. The van der Waals surface area contributed by atoms with E-state index >= 15 is 0 Å². The molecule has 0 aromatic carbocycles. The largest absolute Gasteiger partial charge is 0.481 e. The molecule has 2 N–H and O–H groups in total. The van der Waals surface area contributed by atoms with E-state index in [1.807, 2.05) is 13.8 Å². The molecule has 2 amide bonds. The molecule has 0 saturated heterocycles. The number of nitrogens with one attached hydrogen (secondary N) is 1. The number of carboxylic acid groups (broad SMARTS) is 1. The lowest BCUT2D eigenvalue weighted by Crippen LogP contribution is -2.45. The van der Waals surface area contributed by atoms with Gasteiger partial charge in [-0.25, -0.2) is 4.79 Å². The topological polar surface area (TPSA) is 69.6 Å². The zero-order chi connectivity index (χ0) is 16.3. The number of carboxylic acids is 1. The van der Waals surface area contributed by atoms with Gasteiger partial charge in [0.25, 0.3) is 0 Å². The van der Waals surface area contributed by atoms with E-state index in [0.717, 1.165) is 12.8 Å². The Morgan fingerprint density at radius 2 is 1.86 bits per heavy atom. The summed E-state index contributed by atoms with van der Waals surface area (Å²) in [6.07, 6.45) is 5.19. The van der Waals surface area contributed by atoms with Gasteiger partial charge >= 0.3 is 12.0 Å². The van der Waals surface area contributed by atoms with Crippen molar-refractivity contribution >= 4 is 12.0 Å². The van der Waals surface area contributed by atoms with Crippen LogP contribution < -0.4 is 5.32 Å². The second kappa shape index (κ2) is 11.4. The fourth-order valence-corrected chi connectivity index (χ4v) is 2.27. The first-order valence-electron chi connectivity index (χ1n) is 8.18. The molecular formula is C16H32N2O3. The zero-order valence-electron chi connectivity index (χ0n) is 14.0. The molecule has 0 aliphatic rings. The van der Waals surface area contributed by atoms with E-state index in [-0.39, 0.29) is 18.5 Å². The van der Waals surface area contributed by atoms with Gasteiger partial charge in [0.15, 0.2) is 0 Å². The summed E-state index contributed by atoms with van der Waals surface area (Å²) in [6, 6.07) is -0.000138. The van der Waals surface area contributed by atoms with Crippen LogP contribution >= 0.6 is 0 Å². The lowest BCUT2D eigenvalue weighted by molar-refractivity contribution is -0.137. The van der Waals surface area contributed by atoms with E-state index in [1.54, 1.807) is 4.90 Å². The Balaban J connectivity index is 4.24. The number of hydrogen-bond donors (Lipinski definition) is 2. The normalized spacial score (nSPS) is 12.2. The molecule has 0 radical (unpaired) electrons.